The zero-order chi connectivity index (χ0) is 13.1. The molecule has 0 radical (unpaired) electrons. The third-order valence-electron chi connectivity index (χ3n) is 4.11. The Morgan fingerprint density at radius 2 is 1.94 bits per heavy atom. The maximum Gasteiger partial charge on any atom is 0.0638 e. The minimum atomic E-state index is 0.609. The zero-order valence-electron chi connectivity index (χ0n) is 12.2. The van der Waals surface area contributed by atoms with Gasteiger partial charge < -0.3 is 5.32 Å². The molecule has 18 heavy (non-hydrogen) atoms. The molecule has 1 saturated carbocycles. The molecule has 1 fully saturated rings. The zero-order valence-corrected chi connectivity index (χ0v) is 12.2. The summed E-state index contributed by atoms with van der Waals surface area (Å²) in [6.07, 6.45) is 6.20. The molecule has 1 aliphatic carbocycles. The molecule has 1 N–H and O–H groups in total. The van der Waals surface area contributed by atoms with E-state index in [2.05, 4.69) is 43.9 Å². The Labute approximate surface area is 111 Å². The van der Waals surface area contributed by atoms with Gasteiger partial charge in [0.2, 0.25) is 0 Å². The third kappa shape index (κ3) is 3.14. The average molecular weight is 249 g/mol. The lowest BCUT2D eigenvalue weighted by atomic mass is 9.80. The second kappa shape index (κ2) is 5.87. The van der Waals surface area contributed by atoms with Crippen molar-refractivity contribution < 1.29 is 0 Å². The monoisotopic (exact) mass is 249 g/mol. The van der Waals surface area contributed by atoms with Gasteiger partial charge in [0.1, 0.15) is 0 Å². The Morgan fingerprint density at radius 1 is 1.28 bits per heavy atom. The minimum absolute atomic E-state index is 0.609. The summed E-state index contributed by atoms with van der Waals surface area (Å²) in [5.41, 5.74) is 2.53. The van der Waals surface area contributed by atoms with Crippen molar-refractivity contribution in [2.45, 2.75) is 59.5 Å². The number of nitrogens with one attached hydrogen (secondary N) is 1. The molecule has 1 aromatic rings. The smallest absolute Gasteiger partial charge is 0.0638 e. The van der Waals surface area contributed by atoms with Crippen molar-refractivity contribution in [3.8, 4) is 0 Å². The van der Waals surface area contributed by atoms with Crippen LogP contribution in [0.2, 0.25) is 0 Å². The second-order valence-corrected chi connectivity index (χ2v) is 6.07. The van der Waals surface area contributed by atoms with E-state index in [1.807, 2.05) is 0 Å². The van der Waals surface area contributed by atoms with Crippen molar-refractivity contribution in [3.05, 3.63) is 17.5 Å². The number of aryl methyl sites for hydroxylation is 1. The molecule has 1 aliphatic rings. The highest BCUT2D eigenvalue weighted by Crippen LogP contribution is 2.35. The van der Waals surface area contributed by atoms with Crippen LogP contribution in [0.3, 0.4) is 0 Å². The number of nitrogens with zero attached hydrogens (tertiary/aromatic N) is 2. The van der Waals surface area contributed by atoms with Gasteiger partial charge in [-0.3, -0.25) is 4.68 Å². The molecule has 0 spiro atoms. The number of rotatable bonds is 4. The van der Waals surface area contributed by atoms with E-state index in [9.17, 15) is 0 Å². The molecule has 0 saturated heterocycles. The van der Waals surface area contributed by atoms with Crippen LogP contribution in [0, 0.1) is 18.8 Å². The van der Waals surface area contributed by atoms with Crippen LogP contribution in [-0.4, -0.2) is 16.3 Å². The van der Waals surface area contributed by atoms with Crippen molar-refractivity contribution in [2.24, 2.45) is 11.8 Å². The first-order chi connectivity index (χ1) is 8.60. The fraction of sp³-hybridized carbons (Fsp3) is 0.800. The Morgan fingerprint density at radius 3 is 2.56 bits per heavy atom. The maximum atomic E-state index is 4.73. The van der Waals surface area contributed by atoms with Crippen LogP contribution in [0.4, 0.5) is 0 Å². The van der Waals surface area contributed by atoms with Gasteiger partial charge in [-0.25, -0.2) is 0 Å². The predicted molar refractivity (Wildman–Crippen MR) is 75.6 cm³/mol. The quantitative estimate of drug-likeness (QED) is 0.887. The summed E-state index contributed by atoms with van der Waals surface area (Å²) in [5, 5.41) is 8.12. The van der Waals surface area contributed by atoms with Crippen LogP contribution in [0.15, 0.2) is 6.20 Å². The molecule has 2 unspecified atom stereocenters. The van der Waals surface area contributed by atoms with Gasteiger partial charge in [-0.1, -0.05) is 20.8 Å². The highest BCUT2D eigenvalue weighted by Gasteiger charge is 2.26. The molecule has 3 heteroatoms. The van der Waals surface area contributed by atoms with Gasteiger partial charge >= 0.3 is 0 Å². The van der Waals surface area contributed by atoms with E-state index in [0.29, 0.717) is 6.04 Å². The van der Waals surface area contributed by atoms with Gasteiger partial charge in [-0.2, -0.15) is 5.10 Å². The summed E-state index contributed by atoms with van der Waals surface area (Å²) in [6, 6.07) is 0.609. The van der Waals surface area contributed by atoms with Crippen LogP contribution in [0.5, 0.6) is 0 Å². The molecule has 1 heterocycles. The molecule has 2 atom stereocenters. The predicted octanol–water partition coefficient (Wildman–Crippen LogP) is 3.30. The topological polar surface area (TPSA) is 29.9 Å². The molecule has 0 aliphatic heterocycles. The molecule has 1 aromatic heterocycles. The fourth-order valence-corrected chi connectivity index (χ4v) is 3.26. The first-order valence-corrected chi connectivity index (χ1v) is 7.35. The molecular formula is C15H27N3. The second-order valence-electron chi connectivity index (χ2n) is 6.07. The van der Waals surface area contributed by atoms with Gasteiger partial charge in [0.25, 0.3) is 0 Å². The normalized spacial score (nSPS) is 28.6. The molecular weight excluding hydrogens is 222 g/mol. The first-order valence-electron chi connectivity index (χ1n) is 7.35. The van der Waals surface area contributed by atoms with Gasteiger partial charge in [-0.05, 0) is 44.6 Å². The molecule has 2 rings (SSSR count). The van der Waals surface area contributed by atoms with Crippen molar-refractivity contribution >= 4 is 0 Å². The van der Waals surface area contributed by atoms with E-state index < -0.39 is 0 Å². The van der Waals surface area contributed by atoms with Crippen LogP contribution >= 0.6 is 0 Å². The van der Waals surface area contributed by atoms with Crippen molar-refractivity contribution in [2.75, 3.05) is 6.54 Å². The lowest BCUT2D eigenvalue weighted by molar-refractivity contribution is 0.209. The van der Waals surface area contributed by atoms with Gasteiger partial charge in [0.05, 0.1) is 11.7 Å². The van der Waals surface area contributed by atoms with E-state index in [-0.39, 0.29) is 0 Å². The van der Waals surface area contributed by atoms with Gasteiger partial charge in [-0.15, -0.1) is 0 Å². The van der Waals surface area contributed by atoms with Crippen LogP contribution in [0.25, 0.3) is 0 Å². The average Bonchev–Trinajstić information content (AvgIpc) is 2.67. The van der Waals surface area contributed by atoms with Crippen LogP contribution < -0.4 is 5.32 Å². The number of hydrogen-bond acceptors (Lipinski definition) is 2. The van der Waals surface area contributed by atoms with Gasteiger partial charge in [0.15, 0.2) is 0 Å². The standard InChI is InChI=1S/C15H27N3/c1-5-16-9-14-10-18(17-13(14)4)15-7-11(2)6-12(3)8-15/h10-12,15-16H,5-9H2,1-4H3. The van der Waals surface area contributed by atoms with Crippen molar-refractivity contribution in [3.63, 3.8) is 0 Å². The summed E-state index contributed by atoms with van der Waals surface area (Å²) in [4.78, 5) is 0. The number of aromatic nitrogens is 2. The Kier molecular flexibility index (Phi) is 4.44. The Bertz CT molecular complexity index is 373. The Hall–Kier alpha value is -0.830. The summed E-state index contributed by atoms with van der Waals surface area (Å²) < 4.78 is 2.23. The van der Waals surface area contributed by atoms with E-state index >= 15 is 0 Å². The van der Waals surface area contributed by atoms with Crippen molar-refractivity contribution in [1.82, 2.24) is 15.1 Å². The molecule has 0 amide bonds. The van der Waals surface area contributed by atoms with Crippen LogP contribution in [-0.2, 0) is 6.54 Å². The van der Waals surface area contributed by atoms with E-state index in [1.54, 1.807) is 0 Å². The van der Waals surface area contributed by atoms with E-state index in [1.165, 1.54) is 30.5 Å². The molecule has 0 aromatic carbocycles. The first kappa shape index (κ1) is 13.6. The highest BCUT2D eigenvalue weighted by atomic mass is 15.3. The third-order valence-corrected chi connectivity index (χ3v) is 4.11. The van der Waals surface area contributed by atoms with Gasteiger partial charge in [0, 0.05) is 18.3 Å². The highest BCUT2D eigenvalue weighted by molar-refractivity contribution is 5.15. The van der Waals surface area contributed by atoms with Crippen LogP contribution in [0.1, 0.15) is 57.3 Å². The van der Waals surface area contributed by atoms with E-state index in [0.717, 1.165) is 24.9 Å². The largest absolute Gasteiger partial charge is 0.313 e. The van der Waals surface area contributed by atoms with E-state index in [4.69, 9.17) is 5.10 Å². The van der Waals surface area contributed by atoms with Crippen molar-refractivity contribution in [1.29, 1.82) is 0 Å². The maximum absolute atomic E-state index is 4.73. The summed E-state index contributed by atoms with van der Waals surface area (Å²) >= 11 is 0. The fourth-order valence-electron chi connectivity index (χ4n) is 3.26. The number of hydrogen-bond donors (Lipinski definition) is 1. The molecule has 3 nitrogen and oxygen atoms in total. The Balaban J connectivity index is 2.08. The lowest BCUT2D eigenvalue weighted by Gasteiger charge is -2.31. The summed E-state index contributed by atoms with van der Waals surface area (Å²) in [7, 11) is 0. The lowest BCUT2D eigenvalue weighted by Crippen LogP contribution is -2.23. The SMILES string of the molecule is CCNCc1cn(C2CC(C)CC(C)C2)nc1C. The summed E-state index contributed by atoms with van der Waals surface area (Å²) in [5.74, 6) is 1.67. The molecule has 0 bridgehead atoms. The minimum Gasteiger partial charge on any atom is -0.313 e. The summed E-state index contributed by atoms with van der Waals surface area (Å²) in [6.45, 7) is 11.0. The molecule has 102 valence electrons.